The third-order valence-corrected chi connectivity index (χ3v) is 2.01. The summed E-state index contributed by atoms with van der Waals surface area (Å²) in [5, 5.41) is 8.64. The summed E-state index contributed by atoms with van der Waals surface area (Å²) in [4.78, 5) is 0. The first kappa shape index (κ1) is 8.46. The molecule has 1 heterocycles. The van der Waals surface area contributed by atoms with Gasteiger partial charge >= 0.3 is 0 Å². The second-order valence-corrected chi connectivity index (χ2v) is 2.94. The predicted molar refractivity (Wildman–Crippen MR) is 52.7 cm³/mol. The molecule has 0 amide bonds. The summed E-state index contributed by atoms with van der Waals surface area (Å²) in [6.07, 6.45) is 3.95. The van der Waals surface area contributed by atoms with Crippen LogP contribution >= 0.6 is 0 Å². The maximum Gasteiger partial charge on any atom is 0.210 e. The Kier molecular flexibility index (Phi) is 2.24. The smallest absolute Gasteiger partial charge is 0.192 e. The second kappa shape index (κ2) is 3.71. The van der Waals surface area contributed by atoms with E-state index in [2.05, 4.69) is 6.07 Å². The van der Waals surface area contributed by atoms with Crippen LogP contribution in [0.4, 0.5) is 0 Å². The van der Waals surface area contributed by atoms with Gasteiger partial charge in [0.2, 0.25) is 5.69 Å². The van der Waals surface area contributed by atoms with Crippen molar-refractivity contribution in [2.45, 2.75) is 0 Å². The molecule has 0 saturated heterocycles. The monoisotopic (exact) mass is 181 g/mol. The molecule has 2 heteroatoms. The van der Waals surface area contributed by atoms with Crippen LogP contribution in [-0.4, -0.2) is 0 Å². The third-order valence-electron chi connectivity index (χ3n) is 2.01. The Morgan fingerprint density at radius 3 is 2.14 bits per heavy atom. The molecule has 0 radical (unpaired) electrons. The van der Waals surface area contributed by atoms with Crippen molar-refractivity contribution in [3.8, 4) is 11.8 Å². The molecule has 1 aromatic carbocycles. The number of nitrogens with zero attached hydrogens (tertiary/aromatic N) is 2. The lowest BCUT2D eigenvalue weighted by atomic mass is 10.2. The quantitative estimate of drug-likeness (QED) is 0.617. The van der Waals surface area contributed by atoms with Gasteiger partial charge < -0.3 is 0 Å². The van der Waals surface area contributed by atoms with E-state index in [-0.39, 0.29) is 0 Å². The number of pyridine rings is 1. The van der Waals surface area contributed by atoms with Crippen LogP contribution < -0.4 is 4.57 Å². The average Bonchev–Trinajstić information content (AvgIpc) is 2.30. The fourth-order valence-electron chi connectivity index (χ4n) is 1.28. The summed E-state index contributed by atoms with van der Waals surface area (Å²) in [6, 6.07) is 15.5. The summed E-state index contributed by atoms with van der Waals surface area (Å²) < 4.78 is 2.00. The van der Waals surface area contributed by atoms with Gasteiger partial charge in [-0.05, 0) is 12.1 Å². The van der Waals surface area contributed by atoms with Gasteiger partial charge in [0.15, 0.2) is 12.4 Å². The molecule has 0 spiro atoms. The van der Waals surface area contributed by atoms with Gasteiger partial charge in [-0.25, -0.2) is 0 Å². The molecule has 0 saturated carbocycles. The van der Waals surface area contributed by atoms with E-state index in [1.807, 2.05) is 59.4 Å². The highest BCUT2D eigenvalue weighted by Gasteiger charge is 2.02. The molecule has 0 fully saturated rings. The zero-order valence-corrected chi connectivity index (χ0v) is 7.59. The standard InChI is InChI=1S/C12H9N2/c13-10-11-4-6-12(7-5-11)14-8-2-1-3-9-14/h1-9H/q+1. The number of hydrogen-bond acceptors (Lipinski definition) is 1. The maximum absolute atomic E-state index is 8.64. The molecule has 2 aromatic rings. The van der Waals surface area contributed by atoms with Crippen molar-refractivity contribution < 1.29 is 4.57 Å². The number of nitriles is 1. The van der Waals surface area contributed by atoms with Crippen molar-refractivity contribution in [3.63, 3.8) is 0 Å². The van der Waals surface area contributed by atoms with Gasteiger partial charge in [0.25, 0.3) is 0 Å². The van der Waals surface area contributed by atoms with Crippen molar-refractivity contribution in [2.24, 2.45) is 0 Å². The van der Waals surface area contributed by atoms with E-state index in [0.29, 0.717) is 5.56 Å². The minimum absolute atomic E-state index is 0.685. The van der Waals surface area contributed by atoms with Crippen molar-refractivity contribution >= 4 is 0 Å². The number of rotatable bonds is 1. The Labute approximate surface area is 82.7 Å². The summed E-state index contributed by atoms with van der Waals surface area (Å²) >= 11 is 0. The first-order valence-electron chi connectivity index (χ1n) is 4.37. The molecule has 0 atom stereocenters. The molecular formula is C12H9N2+. The third kappa shape index (κ3) is 1.62. The lowest BCUT2D eigenvalue weighted by molar-refractivity contribution is -0.595. The Bertz CT molecular complexity index is 452. The zero-order valence-electron chi connectivity index (χ0n) is 7.59. The lowest BCUT2D eigenvalue weighted by Gasteiger charge is -1.93. The molecule has 0 aliphatic heterocycles. The van der Waals surface area contributed by atoms with Gasteiger partial charge in [-0.15, -0.1) is 0 Å². The van der Waals surface area contributed by atoms with Gasteiger partial charge in [-0.1, -0.05) is 6.07 Å². The highest BCUT2D eigenvalue weighted by molar-refractivity contribution is 5.34. The molecular weight excluding hydrogens is 172 g/mol. The van der Waals surface area contributed by atoms with E-state index in [9.17, 15) is 0 Å². The summed E-state index contributed by atoms with van der Waals surface area (Å²) in [5.74, 6) is 0. The molecule has 14 heavy (non-hydrogen) atoms. The van der Waals surface area contributed by atoms with E-state index in [1.165, 1.54) is 0 Å². The summed E-state index contributed by atoms with van der Waals surface area (Å²) in [5.41, 5.74) is 1.75. The SMILES string of the molecule is N#Cc1ccc(-[n+]2ccccc2)cc1. The van der Waals surface area contributed by atoms with E-state index < -0.39 is 0 Å². The van der Waals surface area contributed by atoms with E-state index >= 15 is 0 Å². The summed E-state index contributed by atoms with van der Waals surface area (Å²) in [7, 11) is 0. The topological polar surface area (TPSA) is 27.7 Å². The Hall–Kier alpha value is -2.14. The van der Waals surface area contributed by atoms with Crippen molar-refractivity contribution in [3.05, 3.63) is 60.4 Å². The highest BCUT2D eigenvalue weighted by atomic mass is 14.9. The molecule has 66 valence electrons. The maximum atomic E-state index is 8.64. The Morgan fingerprint density at radius 2 is 1.57 bits per heavy atom. The molecule has 0 bridgehead atoms. The Morgan fingerprint density at radius 1 is 0.929 bits per heavy atom. The molecule has 2 nitrogen and oxygen atoms in total. The molecule has 2 rings (SSSR count). The van der Waals surface area contributed by atoms with Crippen LogP contribution in [0.1, 0.15) is 5.56 Å². The first-order valence-corrected chi connectivity index (χ1v) is 4.37. The molecule has 1 aromatic heterocycles. The molecule has 0 aliphatic carbocycles. The fourth-order valence-corrected chi connectivity index (χ4v) is 1.28. The number of hydrogen-bond donors (Lipinski definition) is 0. The van der Waals surface area contributed by atoms with E-state index in [1.54, 1.807) is 0 Å². The highest BCUT2D eigenvalue weighted by Crippen LogP contribution is 2.02. The molecule has 0 unspecified atom stereocenters. The molecule has 0 N–H and O–H groups in total. The van der Waals surface area contributed by atoms with Crippen LogP contribution in [0.3, 0.4) is 0 Å². The second-order valence-electron chi connectivity index (χ2n) is 2.94. The van der Waals surface area contributed by atoms with Crippen LogP contribution in [0.25, 0.3) is 5.69 Å². The van der Waals surface area contributed by atoms with Gasteiger partial charge in [-0.3, -0.25) is 0 Å². The van der Waals surface area contributed by atoms with Gasteiger partial charge in [0, 0.05) is 24.3 Å². The number of aromatic nitrogens is 1. The largest absolute Gasteiger partial charge is 0.210 e. The predicted octanol–water partition coefficient (Wildman–Crippen LogP) is 1.83. The van der Waals surface area contributed by atoms with E-state index in [4.69, 9.17) is 5.26 Å². The van der Waals surface area contributed by atoms with Gasteiger partial charge in [0.05, 0.1) is 11.6 Å². The van der Waals surface area contributed by atoms with Crippen LogP contribution in [0, 0.1) is 11.3 Å². The van der Waals surface area contributed by atoms with E-state index in [0.717, 1.165) is 5.69 Å². The first-order chi connectivity index (χ1) is 6.90. The minimum Gasteiger partial charge on any atom is -0.192 e. The van der Waals surface area contributed by atoms with Crippen LogP contribution in [0.5, 0.6) is 0 Å². The van der Waals surface area contributed by atoms with Crippen LogP contribution in [-0.2, 0) is 0 Å². The fraction of sp³-hybridized carbons (Fsp3) is 0. The van der Waals surface area contributed by atoms with Crippen LogP contribution in [0.15, 0.2) is 54.9 Å². The molecule has 0 aliphatic rings. The number of benzene rings is 1. The van der Waals surface area contributed by atoms with Crippen molar-refractivity contribution in [2.75, 3.05) is 0 Å². The minimum atomic E-state index is 0.685. The Balaban J connectivity index is 2.40. The van der Waals surface area contributed by atoms with Crippen LogP contribution in [0.2, 0.25) is 0 Å². The van der Waals surface area contributed by atoms with Gasteiger partial charge in [-0.2, -0.15) is 9.83 Å². The summed E-state index contributed by atoms with van der Waals surface area (Å²) in [6.45, 7) is 0. The van der Waals surface area contributed by atoms with Crippen molar-refractivity contribution in [1.82, 2.24) is 0 Å². The normalized spacial score (nSPS) is 9.36. The average molecular weight is 181 g/mol. The van der Waals surface area contributed by atoms with Crippen molar-refractivity contribution in [1.29, 1.82) is 5.26 Å². The zero-order chi connectivity index (χ0) is 9.80. The van der Waals surface area contributed by atoms with Gasteiger partial charge in [0.1, 0.15) is 0 Å². The lowest BCUT2D eigenvalue weighted by Crippen LogP contribution is -2.28.